The second-order valence-electron chi connectivity index (χ2n) is 14.4. The predicted molar refractivity (Wildman–Crippen MR) is 241 cm³/mol. The average molecular weight is 767 g/mol. The Morgan fingerprint density at radius 2 is 0.750 bits per heavy atom. The number of nitriles is 1. The molecule has 10 rings (SSSR count). The molecule has 6 heteroatoms. The van der Waals surface area contributed by atoms with Crippen LogP contribution in [0.25, 0.3) is 101 Å². The summed E-state index contributed by atoms with van der Waals surface area (Å²) >= 11 is 0. The number of para-hydroxylation sites is 1. The molecule has 2 aromatic heterocycles. The Balaban J connectivity index is 1.07. The molecule has 8 aromatic carbocycles. The van der Waals surface area contributed by atoms with Crippen molar-refractivity contribution in [2.24, 2.45) is 0 Å². The second-order valence-corrected chi connectivity index (χ2v) is 14.4. The molecule has 0 N–H and O–H groups in total. The molecule has 0 radical (unpaired) electrons. The number of hydrogen-bond donors (Lipinski definition) is 0. The standard InChI is InChI=1S/C54H34N6/c55-35-36-16-13-23-41(32-36)44-26-7-9-28-46(44)53-58-51(38-19-5-2-6-20-38)59-54(60-53)47-29-10-8-27-45(47)42-24-14-21-39(33-42)40-22-15-25-43(34-40)52-56-49-31-12-11-30-48(49)50(57-52)37-17-3-1-4-18-37/h1-34H. The van der Waals surface area contributed by atoms with E-state index in [0.29, 0.717) is 28.9 Å². The molecule has 0 atom stereocenters. The summed E-state index contributed by atoms with van der Waals surface area (Å²) in [5.41, 5.74) is 13.0. The smallest absolute Gasteiger partial charge is 0.164 e. The van der Waals surface area contributed by atoms with Gasteiger partial charge in [-0.15, -0.1) is 0 Å². The summed E-state index contributed by atoms with van der Waals surface area (Å²) in [6.07, 6.45) is 0. The largest absolute Gasteiger partial charge is 0.228 e. The van der Waals surface area contributed by atoms with Crippen LogP contribution in [0.4, 0.5) is 0 Å². The van der Waals surface area contributed by atoms with Crippen LogP contribution in [0.2, 0.25) is 0 Å². The van der Waals surface area contributed by atoms with Crippen LogP contribution in [0.15, 0.2) is 206 Å². The van der Waals surface area contributed by atoms with Crippen molar-refractivity contribution in [3.8, 4) is 96.3 Å². The maximum absolute atomic E-state index is 9.67. The quantitative estimate of drug-likeness (QED) is 0.153. The van der Waals surface area contributed by atoms with Crippen molar-refractivity contribution in [1.29, 1.82) is 5.26 Å². The number of nitrogens with zero attached hydrogens (tertiary/aromatic N) is 6. The number of fused-ring (bicyclic) bond motifs is 1. The van der Waals surface area contributed by atoms with Crippen molar-refractivity contribution < 1.29 is 0 Å². The maximum Gasteiger partial charge on any atom is 0.164 e. The summed E-state index contributed by atoms with van der Waals surface area (Å²) < 4.78 is 0. The van der Waals surface area contributed by atoms with Gasteiger partial charge in [0.05, 0.1) is 22.8 Å². The van der Waals surface area contributed by atoms with E-state index in [0.717, 1.165) is 77.8 Å². The van der Waals surface area contributed by atoms with Crippen LogP contribution >= 0.6 is 0 Å². The van der Waals surface area contributed by atoms with E-state index in [1.165, 1.54) is 0 Å². The first-order chi connectivity index (χ1) is 29.7. The van der Waals surface area contributed by atoms with Gasteiger partial charge in [0, 0.05) is 33.2 Å². The van der Waals surface area contributed by atoms with Crippen LogP contribution in [0.3, 0.4) is 0 Å². The first kappa shape index (κ1) is 36.0. The lowest BCUT2D eigenvalue weighted by molar-refractivity contribution is 1.07. The number of aromatic nitrogens is 5. The van der Waals surface area contributed by atoms with Crippen molar-refractivity contribution in [2.45, 2.75) is 0 Å². The Hall–Kier alpha value is -8.40. The fraction of sp³-hybridized carbons (Fsp3) is 0. The number of benzene rings is 8. The van der Waals surface area contributed by atoms with Crippen molar-refractivity contribution in [1.82, 2.24) is 24.9 Å². The zero-order valence-corrected chi connectivity index (χ0v) is 32.3. The molecule has 0 saturated heterocycles. The molecule has 0 spiro atoms. The molecular formula is C54H34N6. The first-order valence-electron chi connectivity index (χ1n) is 19.7. The van der Waals surface area contributed by atoms with Gasteiger partial charge in [-0.25, -0.2) is 24.9 Å². The second kappa shape index (κ2) is 15.9. The van der Waals surface area contributed by atoms with E-state index in [4.69, 9.17) is 24.9 Å². The summed E-state index contributed by atoms with van der Waals surface area (Å²) in [6, 6.07) is 71.6. The van der Waals surface area contributed by atoms with Gasteiger partial charge in [-0.1, -0.05) is 176 Å². The van der Waals surface area contributed by atoms with E-state index in [2.05, 4.69) is 84.9 Å². The highest BCUT2D eigenvalue weighted by Crippen LogP contribution is 2.37. The summed E-state index contributed by atoms with van der Waals surface area (Å²) in [5, 5.41) is 10.7. The highest BCUT2D eigenvalue weighted by atomic mass is 15.0. The summed E-state index contributed by atoms with van der Waals surface area (Å²) in [7, 11) is 0. The third-order valence-corrected chi connectivity index (χ3v) is 10.6. The molecule has 0 aliphatic rings. The Morgan fingerprint density at radius 1 is 0.300 bits per heavy atom. The lowest BCUT2D eigenvalue weighted by Crippen LogP contribution is -2.02. The van der Waals surface area contributed by atoms with Crippen LogP contribution in [-0.2, 0) is 0 Å². The summed E-state index contributed by atoms with van der Waals surface area (Å²) in [4.78, 5) is 25.5. The monoisotopic (exact) mass is 766 g/mol. The van der Waals surface area contributed by atoms with Crippen LogP contribution in [0.5, 0.6) is 0 Å². The minimum Gasteiger partial charge on any atom is -0.228 e. The molecule has 60 heavy (non-hydrogen) atoms. The van der Waals surface area contributed by atoms with E-state index in [9.17, 15) is 5.26 Å². The van der Waals surface area contributed by atoms with Crippen molar-refractivity contribution in [2.75, 3.05) is 0 Å². The zero-order valence-electron chi connectivity index (χ0n) is 32.3. The Bertz CT molecular complexity index is 3230. The molecule has 10 aromatic rings. The van der Waals surface area contributed by atoms with Gasteiger partial charge < -0.3 is 0 Å². The molecule has 0 bridgehead atoms. The Morgan fingerprint density at radius 3 is 1.40 bits per heavy atom. The van der Waals surface area contributed by atoms with Crippen LogP contribution < -0.4 is 0 Å². The topological polar surface area (TPSA) is 88.2 Å². The third kappa shape index (κ3) is 7.08. The van der Waals surface area contributed by atoms with Crippen molar-refractivity contribution in [3.05, 3.63) is 212 Å². The minimum atomic E-state index is 0.545. The average Bonchev–Trinajstić information content (AvgIpc) is 3.34. The molecule has 2 heterocycles. The molecule has 6 nitrogen and oxygen atoms in total. The van der Waals surface area contributed by atoms with Crippen LogP contribution in [-0.4, -0.2) is 24.9 Å². The predicted octanol–water partition coefficient (Wildman–Crippen LogP) is 13.0. The summed E-state index contributed by atoms with van der Waals surface area (Å²) in [6.45, 7) is 0. The van der Waals surface area contributed by atoms with E-state index in [1.54, 1.807) is 0 Å². The normalized spacial score (nSPS) is 11.0. The van der Waals surface area contributed by atoms with Crippen molar-refractivity contribution >= 4 is 10.9 Å². The molecule has 0 unspecified atom stereocenters. The lowest BCUT2D eigenvalue weighted by atomic mass is 9.94. The molecule has 0 aliphatic heterocycles. The van der Waals surface area contributed by atoms with E-state index < -0.39 is 0 Å². The molecule has 0 saturated carbocycles. The van der Waals surface area contributed by atoms with Gasteiger partial charge in [0.25, 0.3) is 0 Å². The molecule has 0 fully saturated rings. The maximum atomic E-state index is 9.67. The van der Waals surface area contributed by atoms with Gasteiger partial charge in [-0.3, -0.25) is 0 Å². The van der Waals surface area contributed by atoms with E-state index in [1.807, 2.05) is 127 Å². The van der Waals surface area contributed by atoms with Gasteiger partial charge in [-0.2, -0.15) is 5.26 Å². The van der Waals surface area contributed by atoms with Gasteiger partial charge >= 0.3 is 0 Å². The van der Waals surface area contributed by atoms with Gasteiger partial charge in [0.1, 0.15) is 0 Å². The Kier molecular flexibility index (Phi) is 9.51. The molecule has 0 amide bonds. The van der Waals surface area contributed by atoms with Gasteiger partial charge in [0.2, 0.25) is 0 Å². The Labute approximate surface area is 347 Å². The van der Waals surface area contributed by atoms with Crippen molar-refractivity contribution in [3.63, 3.8) is 0 Å². The third-order valence-electron chi connectivity index (χ3n) is 10.6. The molecule has 280 valence electrons. The SMILES string of the molecule is N#Cc1cccc(-c2ccccc2-c2nc(-c3ccccc3)nc(-c3ccccc3-c3cccc(-c4cccc(-c5nc(-c6ccccc6)c6ccccc6n5)c4)c3)n2)c1. The van der Waals surface area contributed by atoms with Crippen LogP contribution in [0, 0.1) is 11.3 Å². The molecular weight excluding hydrogens is 733 g/mol. The first-order valence-corrected chi connectivity index (χ1v) is 19.7. The van der Waals surface area contributed by atoms with Gasteiger partial charge in [0.15, 0.2) is 23.3 Å². The van der Waals surface area contributed by atoms with E-state index >= 15 is 0 Å². The minimum absolute atomic E-state index is 0.545. The number of rotatable bonds is 8. The van der Waals surface area contributed by atoms with Gasteiger partial charge in [-0.05, 0) is 63.7 Å². The van der Waals surface area contributed by atoms with Crippen LogP contribution in [0.1, 0.15) is 5.56 Å². The number of hydrogen-bond acceptors (Lipinski definition) is 6. The molecule has 0 aliphatic carbocycles. The zero-order chi connectivity index (χ0) is 40.3. The fourth-order valence-electron chi connectivity index (χ4n) is 7.68. The highest BCUT2D eigenvalue weighted by Gasteiger charge is 2.19. The highest BCUT2D eigenvalue weighted by molar-refractivity contribution is 5.94. The fourth-order valence-corrected chi connectivity index (χ4v) is 7.68. The lowest BCUT2D eigenvalue weighted by Gasteiger charge is -2.14. The summed E-state index contributed by atoms with van der Waals surface area (Å²) in [5.74, 6) is 2.35. The van der Waals surface area contributed by atoms with E-state index in [-0.39, 0.29) is 0 Å².